The highest BCUT2D eigenvalue weighted by atomic mass is 15.3. The quantitative estimate of drug-likeness (QED) is 0.687. The van der Waals surface area contributed by atoms with Crippen molar-refractivity contribution in [2.75, 3.05) is 46.3 Å². The van der Waals surface area contributed by atoms with Gasteiger partial charge in [0.2, 0.25) is 0 Å². The summed E-state index contributed by atoms with van der Waals surface area (Å²) in [6.07, 6.45) is 5.71. The Bertz CT molecular complexity index is 223. The number of nitrogens with zero attached hydrogens (tertiary/aromatic N) is 3. The molecule has 0 atom stereocenters. The van der Waals surface area contributed by atoms with Gasteiger partial charge in [0.05, 0.1) is 0 Å². The second-order valence-electron chi connectivity index (χ2n) is 5.84. The maximum atomic E-state index is 2.76. The standard InChI is InChI=1S/C13H25N3/c1-14-6-4-13(5-7-14)16-10-8-15(9-11-16)12-2-3-12/h12-13H,2-11H2,1H3. The van der Waals surface area contributed by atoms with Crippen molar-refractivity contribution in [1.82, 2.24) is 14.7 Å². The summed E-state index contributed by atoms with van der Waals surface area (Å²) >= 11 is 0. The van der Waals surface area contributed by atoms with Gasteiger partial charge in [-0.2, -0.15) is 0 Å². The van der Waals surface area contributed by atoms with E-state index in [1.54, 1.807) is 0 Å². The first-order valence-corrected chi connectivity index (χ1v) is 6.99. The van der Waals surface area contributed by atoms with E-state index in [0.29, 0.717) is 0 Å². The van der Waals surface area contributed by atoms with E-state index < -0.39 is 0 Å². The Kier molecular flexibility index (Phi) is 3.18. The topological polar surface area (TPSA) is 9.72 Å². The highest BCUT2D eigenvalue weighted by molar-refractivity contribution is 4.89. The van der Waals surface area contributed by atoms with Gasteiger partial charge in [-0.25, -0.2) is 0 Å². The summed E-state index contributed by atoms with van der Waals surface area (Å²) in [5.41, 5.74) is 0. The van der Waals surface area contributed by atoms with Crippen LogP contribution in [0.5, 0.6) is 0 Å². The molecule has 92 valence electrons. The molecule has 0 radical (unpaired) electrons. The average Bonchev–Trinajstić information content (AvgIpc) is 3.14. The first kappa shape index (κ1) is 11.0. The summed E-state index contributed by atoms with van der Waals surface area (Å²) in [5.74, 6) is 0. The lowest BCUT2D eigenvalue weighted by atomic mass is 10.0. The molecular weight excluding hydrogens is 198 g/mol. The SMILES string of the molecule is CN1CCC(N2CCN(C3CC3)CC2)CC1. The second-order valence-corrected chi connectivity index (χ2v) is 5.84. The van der Waals surface area contributed by atoms with E-state index >= 15 is 0 Å². The van der Waals surface area contributed by atoms with Gasteiger partial charge in [0.1, 0.15) is 0 Å². The summed E-state index contributed by atoms with van der Waals surface area (Å²) in [7, 11) is 2.25. The molecule has 0 N–H and O–H groups in total. The molecule has 16 heavy (non-hydrogen) atoms. The zero-order valence-electron chi connectivity index (χ0n) is 10.6. The fraction of sp³-hybridized carbons (Fsp3) is 1.00. The fourth-order valence-corrected chi connectivity index (χ4v) is 3.27. The van der Waals surface area contributed by atoms with Crippen molar-refractivity contribution in [3.8, 4) is 0 Å². The highest BCUT2D eigenvalue weighted by Gasteiger charge is 2.33. The number of likely N-dealkylation sites (tertiary alicyclic amines) is 1. The molecule has 3 fully saturated rings. The molecule has 0 bridgehead atoms. The minimum Gasteiger partial charge on any atom is -0.306 e. The first-order chi connectivity index (χ1) is 7.83. The number of piperazine rings is 1. The van der Waals surface area contributed by atoms with E-state index in [4.69, 9.17) is 0 Å². The Labute approximate surface area is 99.4 Å². The monoisotopic (exact) mass is 223 g/mol. The molecule has 2 saturated heterocycles. The van der Waals surface area contributed by atoms with Gasteiger partial charge in [0.15, 0.2) is 0 Å². The van der Waals surface area contributed by atoms with Crippen molar-refractivity contribution >= 4 is 0 Å². The van der Waals surface area contributed by atoms with Crippen LogP contribution < -0.4 is 0 Å². The lowest BCUT2D eigenvalue weighted by molar-refractivity contribution is 0.0616. The third kappa shape index (κ3) is 2.41. The minimum absolute atomic E-state index is 0.887. The van der Waals surface area contributed by atoms with E-state index in [-0.39, 0.29) is 0 Å². The van der Waals surface area contributed by atoms with Crippen molar-refractivity contribution in [3.05, 3.63) is 0 Å². The maximum absolute atomic E-state index is 2.76. The number of piperidine rings is 1. The molecule has 2 aliphatic heterocycles. The van der Waals surface area contributed by atoms with Crippen molar-refractivity contribution in [2.45, 2.75) is 37.8 Å². The van der Waals surface area contributed by atoms with Gasteiger partial charge in [0, 0.05) is 38.3 Å². The van der Waals surface area contributed by atoms with Crippen molar-refractivity contribution in [3.63, 3.8) is 0 Å². The van der Waals surface area contributed by atoms with Crippen LogP contribution in [0.4, 0.5) is 0 Å². The van der Waals surface area contributed by atoms with E-state index in [2.05, 4.69) is 21.7 Å². The molecule has 3 rings (SSSR count). The van der Waals surface area contributed by atoms with Gasteiger partial charge in [-0.15, -0.1) is 0 Å². The van der Waals surface area contributed by atoms with E-state index in [1.165, 1.54) is 65.0 Å². The number of hydrogen-bond donors (Lipinski definition) is 0. The van der Waals surface area contributed by atoms with E-state index in [1.807, 2.05) is 0 Å². The van der Waals surface area contributed by atoms with Crippen LogP contribution in [0.2, 0.25) is 0 Å². The average molecular weight is 223 g/mol. The fourth-order valence-electron chi connectivity index (χ4n) is 3.27. The molecule has 0 aromatic heterocycles. The Morgan fingerprint density at radius 3 is 1.50 bits per heavy atom. The van der Waals surface area contributed by atoms with Crippen LogP contribution in [-0.2, 0) is 0 Å². The van der Waals surface area contributed by atoms with Crippen LogP contribution in [0.3, 0.4) is 0 Å². The highest BCUT2D eigenvalue weighted by Crippen LogP contribution is 2.28. The molecule has 0 aromatic rings. The third-order valence-corrected chi connectivity index (χ3v) is 4.62. The molecule has 0 amide bonds. The van der Waals surface area contributed by atoms with Crippen molar-refractivity contribution < 1.29 is 0 Å². The first-order valence-electron chi connectivity index (χ1n) is 6.99. The maximum Gasteiger partial charge on any atom is 0.0121 e. The molecule has 0 spiro atoms. The van der Waals surface area contributed by atoms with Crippen molar-refractivity contribution in [1.29, 1.82) is 0 Å². The Balaban J connectivity index is 1.46. The third-order valence-electron chi connectivity index (χ3n) is 4.62. The molecule has 1 aliphatic carbocycles. The van der Waals surface area contributed by atoms with Crippen LogP contribution in [-0.4, -0.2) is 73.1 Å². The Morgan fingerprint density at radius 2 is 1.06 bits per heavy atom. The van der Waals surface area contributed by atoms with Crippen LogP contribution in [0.1, 0.15) is 25.7 Å². The minimum atomic E-state index is 0.887. The van der Waals surface area contributed by atoms with Crippen LogP contribution in [0, 0.1) is 0 Å². The lowest BCUT2D eigenvalue weighted by Crippen LogP contribution is -2.53. The summed E-state index contributed by atoms with van der Waals surface area (Å²) < 4.78 is 0. The molecule has 3 nitrogen and oxygen atoms in total. The molecule has 0 aromatic carbocycles. The van der Waals surface area contributed by atoms with Gasteiger partial charge in [-0.05, 0) is 45.8 Å². The summed E-state index contributed by atoms with van der Waals surface area (Å²) in [6, 6.07) is 1.86. The van der Waals surface area contributed by atoms with Gasteiger partial charge in [0.25, 0.3) is 0 Å². The van der Waals surface area contributed by atoms with Crippen LogP contribution in [0.25, 0.3) is 0 Å². The van der Waals surface area contributed by atoms with Gasteiger partial charge in [-0.1, -0.05) is 0 Å². The lowest BCUT2D eigenvalue weighted by Gasteiger charge is -2.42. The normalized spacial score (nSPS) is 32.1. The molecule has 3 heteroatoms. The Hall–Kier alpha value is -0.120. The van der Waals surface area contributed by atoms with Crippen molar-refractivity contribution in [2.24, 2.45) is 0 Å². The zero-order chi connectivity index (χ0) is 11.0. The van der Waals surface area contributed by atoms with Crippen LogP contribution in [0.15, 0.2) is 0 Å². The summed E-state index contributed by atoms with van der Waals surface area (Å²) in [4.78, 5) is 7.94. The van der Waals surface area contributed by atoms with Crippen LogP contribution >= 0.6 is 0 Å². The molecule has 0 unspecified atom stereocenters. The van der Waals surface area contributed by atoms with E-state index in [9.17, 15) is 0 Å². The Morgan fingerprint density at radius 1 is 0.625 bits per heavy atom. The largest absolute Gasteiger partial charge is 0.306 e. The molecule has 3 aliphatic rings. The predicted octanol–water partition coefficient (Wildman–Crippen LogP) is 0.861. The molecular formula is C13H25N3. The number of rotatable bonds is 2. The summed E-state index contributed by atoms with van der Waals surface area (Å²) in [6.45, 7) is 7.91. The number of hydrogen-bond acceptors (Lipinski definition) is 3. The predicted molar refractivity (Wildman–Crippen MR) is 66.7 cm³/mol. The summed E-state index contributed by atoms with van der Waals surface area (Å²) in [5, 5.41) is 0. The smallest absolute Gasteiger partial charge is 0.0121 e. The van der Waals surface area contributed by atoms with Gasteiger partial charge >= 0.3 is 0 Å². The molecule has 2 heterocycles. The van der Waals surface area contributed by atoms with E-state index in [0.717, 1.165) is 12.1 Å². The van der Waals surface area contributed by atoms with Gasteiger partial charge in [-0.3, -0.25) is 9.80 Å². The van der Waals surface area contributed by atoms with Gasteiger partial charge < -0.3 is 4.90 Å². The zero-order valence-corrected chi connectivity index (χ0v) is 10.6. The second kappa shape index (κ2) is 4.63. The molecule has 1 saturated carbocycles.